The molecular weight excluding hydrogens is 414 g/mol. The van der Waals surface area contributed by atoms with Crippen LogP contribution in [0.3, 0.4) is 0 Å². The summed E-state index contributed by atoms with van der Waals surface area (Å²) in [7, 11) is 0. The Kier molecular flexibility index (Phi) is 7.15. The molecule has 0 aliphatic rings. The van der Waals surface area contributed by atoms with Gasteiger partial charge < -0.3 is 5.32 Å². The van der Waals surface area contributed by atoms with Crippen molar-refractivity contribution < 1.29 is 4.79 Å². The van der Waals surface area contributed by atoms with E-state index in [0.717, 1.165) is 32.9 Å². The van der Waals surface area contributed by atoms with E-state index >= 15 is 0 Å². The van der Waals surface area contributed by atoms with Crippen LogP contribution in [0.4, 0.5) is 5.69 Å². The van der Waals surface area contributed by atoms with Gasteiger partial charge in [-0.1, -0.05) is 49.9 Å². The van der Waals surface area contributed by atoms with Crippen molar-refractivity contribution in [2.75, 3.05) is 11.1 Å². The summed E-state index contributed by atoms with van der Waals surface area (Å²) in [5.74, 6) is 0.419. The molecule has 0 radical (unpaired) electrons. The number of carbonyl (C=O) groups is 1. The average Bonchev–Trinajstić information content (AvgIpc) is 3.02. The van der Waals surface area contributed by atoms with Crippen LogP contribution in [0.1, 0.15) is 42.2 Å². The summed E-state index contributed by atoms with van der Waals surface area (Å²) >= 11 is 2.79. The first-order valence-corrected chi connectivity index (χ1v) is 11.8. The predicted octanol–water partition coefficient (Wildman–Crippen LogP) is 5.51. The summed E-state index contributed by atoms with van der Waals surface area (Å²) in [6.07, 6.45) is 2.68. The first-order chi connectivity index (χ1) is 14.4. The number of carbonyl (C=O) groups excluding carboxylic acids is 1. The number of nitrogens with zero attached hydrogens (tertiary/aromatic N) is 2. The van der Waals surface area contributed by atoms with E-state index in [2.05, 4.69) is 31.8 Å². The molecule has 1 atom stereocenters. The lowest BCUT2D eigenvalue weighted by atomic mass is 9.97. The molecule has 0 saturated carbocycles. The van der Waals surface area contributed by atoms with Crippen molar-refractivity contribution in [2.24, 2.45) is 0 Å². The lowest BCUT2D eigenvalue weighted by Gasteiger charge is -2.16. The van der Waals surface area contributed by atoms with Crippen molar-refractivity contribution in [1.29, 1.82) is 0 Å². The molecule has 1 amide bonds. The Morgan fingerprint density at radius 2 is 2.10 bits per heavy atom. The number of nitrogens with one attached hydrogen (secondary N) is 1. The second-order valence-electron chi connectivity index (χ2n) is 7.30. The fourth-order valence-electron chi connectivity index (χ4n) is 3.29. The monoisotopic (exact) mass is 441 g/mol. The third-order valence-corrected chi connectivity index (χ3v) is 7.35. The number of thiophene rings is 1. The predicted molar refractivity (Wildman–Crippen MR) is 128 cm³/mol. The maximum atomic E-state index is 13.0. The molecule has 0 aliphatic heterocycles. The van der Waals surface area contributed by atoms with Crippen LogP contribution in [0.5, 0.6) is 0 Å². The molecule has 7 heteroatoms. The van der Waals surface area contributed by atoms with Crippen LogP contribution in [0, 0.1) is 13.8 Å². The van der Waals surface area contributed by atoms with Gasteiger partial charge in [0.05, 0.1) is 11.1 Å². The second kappa shape index (κ2) is 9.62. The van der Waals surface area contributed by atoms with Crippen molar-refractivity contribution in [3.8, 4) is 0 Å². The number of rotatable bonds is 8. The Morgan fingerprint density at radius 3 is 2.80 bits per heavy atom. The number of allylic oxidation sites excluding steroid dienone is 1. The zero-order valence-corrected chi connectivity index (χ0v) is 19.5. The number of thioether (sulfide) groups is 1. The van der Waals surface area contributed by atoms with Crippen molar-refractivity contribution in [3.05, 3.63) is 63.3 Å². The molecular formula is C23H27N3O2S2. The molecule has 0 saturated heterocycles. The number of benzene rings is 1. The van der Waals surface area contributed by atoms with E-state index in [1.807, 2.05) is 32.0 Å². The van der Waals surface area contributed by atoms with Gasteiger partial charge in [0.1, 0.15) is 4.83 Å². The van der Waals surface area contributed by atoms with Crippen LogP contribution in [-0.4, -0.2) is 21.2 Å². The first kappa shape index (κ1) is 22.3. The second-order valence-corrected chi connectivity index (χ2v) is 9.44. The third-order valence-electron chi connectivity index (χ3n) is 5.28. The van der Waals surface area contributed by atoms with Crippen LogP contribution in [-0.2, 0) is 11.3 Å². The molecule has 0 fully saturated rings. The Labute approximate surface area is 185 Å². The topological polar surface area (TPSA) is 64.0 Å². The molecule has 3 aromatic rings. The zero-order valence-electron chi connectivity index (χ0n) is 17.8. The molecule has 0 aliphatic carbocycles. The van der Waals surface area contributed by atoms with Gasteiger partial charge in [0, 0.05) is 17.1 Å². The van der Waals surface area contributed by atoms with Crippen molar-refractivity contribution in [2.45, 2.75) is 51.7 Å². The summed E-state index contributed by atoms with van der Waals surface area (Å²) in [4.78, 5) is 32.2. The fourth-order valence-corrected chi connectivity index (χ4v) is 5.16. The standard InChI is InChI=1S/C23H27N3O2S2/c1-6-12-26-22(28)20-15(4)16(5)30-21(20)25-23(26)29-13-19(27)24-18-11-9-8-10-17(18)14(3)7-2/h6,8-11,14H,1,7,12-13H2,2-5H3,(H,24,27). The lowest BCUT2D eigenvalue weighted by molar-refractivity contribution is -0.113. The summed E-state index contributed by atoms with van der Waals surface area (Å²) in [6, 6.07) is 7.90. The number of aromatic nitrogens is 2. The van der Waals surface area contributed by atoms with Gasteiger partial charge in [-0.2, -0.15) is 0 Å². The number of anilines is 1. The molecule has 2 heterocycles. The normalized spacial score (nSPS) is 12.1. The Morgan fingerprint density at radius 1 is 1.37 bits per heavy atom. The average molecular weight is 442 g/mol. The smallest absolute Gasteiger partial charge is 0.263 e. The van der Waals surface area contributed by atoms with Crippen LogP contribution < -0.4 is 10.9 Å². The van der Waals surface area contributed by atoms with E-state index in [9.17, 15) is 9.59 Å². The summed E-state index contributed by atoms with van der Waals surface area (Å²) in [5, 5.41) is 4.22. The van der Waals surface area contributed by atoms with Gasteiger partial charge in [-0.3, -0.25) is 14.2 Å². The first-order valence-electron chi connectivity index (χ1n) is 10.00. The Bertz CT molecular complexity index is 1150. The van der Waals surface area contributed by atoms with Gasteiger partial charge in [0.15, 0.2) is 5.16 Å². The van der Waals surface area contributed by atoms with E-state index in [1.165, 1.54) is 23.1 Å². The fraction of sp³-hybridized carbons (Fsp3) is 0.348. The minimum absolute atomic E-state index is 0.0771. The van der Waals surface area contributed by atoms with E-state index in [4.69, 9.17) is 4.98 Å². The maximum absolute atomic E-state index is 13.0. The SMILES string of the molecule is C=CCn1c(SCC(=O)Nc2ccccc2C(C)CC)nc2sc(C)c(C)c2c1=O. The van der Waals surface area contributed by atoms with Crippen LogP contribution in [0.15, 0.2) is 46.9 Å². The molecule has 5 nitrogen and oxygen atoms in total. The van der Waals surface area contributed by atoms with Crippen LogP contribution >= 0.6 is 23.1 Å². The number of amides is 1. The van der Waals surface area contributed by atoms with Gasteiger partial charge >= 0.3 is 0 Å². The van der Waals surface area contributed by atoms with Crippen molar-refractivity contribution in [1.82, 2.24) is 9.55 Å². The molecule has 2 aromatic heterocycles. The van der Waals surface area contributed by atoms with Gasteiger partial charge in [-0.05, 0) is 43.4 Å². The van der Waals surface area contributed by atoms with E-state index < -0.39 is 0 Å². The molecule has 0 bridgehead atoms. The molecule has 3 rings (SSSR count). The van der Waals surface area contributed by atoms with Crippen LogP contribution in [0.25, 0.3) is 10.2 Å². The van der Waals surface area contributed by atoms with Crippen molar-refractivity contribution >= 4 is 44.9 Å². The van der Waals surface area contributed by atoms with E-state index in [-0.39, 0.29) is 17.2 Å². The van der Waals surface area contributed by atoms with Gasteiger partial charge in [0.2, 0.25) is 5.91 Å². The van der Waals surface area contributed by atoms with Gasteiger partial charge in [-0.15, -0.1) is 17.9 Å². The van der Waals surface area contributed by atoms with E-state index in [0.29, 0.717) is 23.0 Å². The summed E-state index contributed by atoms with van der Waals surface area (Å²) in [6.45, 7) is 12.3. The molecule has 158 valence electrons. The van der Waals surface area contributed by atoms with Crippen LogP contribution in [0.2, 0.25) is 0 Å². The molecule has 0 spiro atoms. The highest BCUT2D eigenvalue weighted by Gasteiger charge is 2.18. The molecule has 1 aromatic carbocycles. The highest BCUT2D eigenvalue weighted by molar-refractivity contribution is 7.99. The maximum Gasteiger partial charge on any atom is 0.263 e. The summed E-state index contributed by atoms with van der Waals surface area (Å²) < 4.78 is 1.60. The summed E-state index contributed by atoms with van der Waals surface area (Å²) in [5.41, 5.74) is 2.87. The number of hydrogen-bond acceptors (Lipinski definition) is 5. The molecule has 1 unspecified atom stereocenters. The number of para-hydroxylation sites is 1. The number of aryl methyl sites for hydroxylation is 2. The van der Waals surface area contributed by atoms with E-state index in [1.54, 1.807) is 10.6 Å². The van der Waals surface area contributed by atoms with Gasteiger partial charge in [0.25, 0.3) is 5.56 Å². The Hall–Kier alpha value is -2.38. The highest BCUT2D eigenvalue weighted by Crippen LogP contribution is 2.29. The number of hydrogen-bond donors (Lipinski definition) is 1. The Balaban J connectivity index is 1.84. The minimum Gasteiger partial charge on any atom is -0.325 e. The number of fused-ring (bicyclic) bond motifs is 1. The lowest BCUT2D eigenvalue weighted by Crippen LogP contribution is -2.23. The highest BCUT2D eigenvalue weighted by atomic mass is 32.2. The molecule has 1 N–H and O–H groups in total. The third kappa shape index (κ3) is 4.52. The zero-order chi connectivity index (χ0) is 21.8. The minimum atomic E-state index is -0.117. The van der Waals surface area contributed by atoms with Crippen molar-refractivity contribution in [3.63, 3.8) is 0 Å². The largest absolute Gasteiger partial charge is 0.325 e. The quantitative estimate of drug-likeness (QED) is 0.285. The van der Waals surface area contributed by atoms with Gasteiger partial charge in [-0.25, -0.2) is 4.98 Å². The molecule has 30 heavy (non-hydrogen) atoms.